The van der Waals surface area contributed by atoms with E-state index in [9.17, 15) is 0 Å². The zero-order valence-corrected chi connectivity index (χ0v) is 6.48. The van der Waals surface area contributed by atoms with Crippen molar-refractivity contribution in [3.63, 3.8) is 0 Å². The maximum absolute atomic E-state index is 5.04. The van der Waals surface area contributed by atoms with E-state index < -0.39 is 0 Å². The Balaban J connectivity index is 2.86. The van der Waals surface area contributed by atoms with Crippen LogP contribution in [0.15, 0.2) is 0 Å². The summed E-state index contributed by atoms with van der Waals surface area (Å²) in [6, 6.07) is 0. The van der Waals surface area contributed by atoms with Crippen molar-refractivity contribution >= 4 is 15.0 Å². The summed E-state index contributed by atoms with van der Waals surface area (Å²) in [5.74, 6) is 2.63. The molecule has 1 heteroatoms. The first-order chi connectivity index (χ1) is 3.27. The van der Waals surface area contributed by atoms with E-state index in [0.29, 0.717) is 15.0 Å². The molecule has 0 amide bonds. The average molecular weight is 161 g/mol. The molecular formula is C6H10Se. The van der Waals surface area contributed by atoms with E-state index in [1.165, 1.54) is 0 Å². The van der Waals surface area contributed by atoms with Crippen LogP contribution in [0.2, 0.25) is 10.1 Å². The average Bonchev–Trinajstić information content (AvgIpc) is 1.61. The Labute approximate surface area is 51.8 Å². The van der Waals surface area contributed by atoms with Crippen LogP contribution in [0.25, 0.3) is 0 Å². The number of hydrogen-bond donors (Lipinski definition) is 0. The van der Waals surface area contributed by atoms with Crippen LogP contribution in [0.1, 0.15) is 13.8 Å². The van der Waals surface area contributed by atoms with Crippen molar-refractivity contribution in [1.82, 2.24) is 0 Å². The minimum atomic E-state index is 0.689. The molecule has 0 aliphatic rings. The molecule has 0 bridgehead atoms. The van der Waals surface area contributed by atoms with Gasteiger partial charge in [-0.3, -0.25) is 0 Å². The Hall–Kier alpha value is 0.0795. The molecule has 0 aromatic carbocycles. The van der Waals surface area contributed by atoms with E-state index in [-0.39, 0.29) is 0 Å². The molecule has 0 rings (SSSR count). The first-order valence-corrected chi connectivity index (χ1v) is 4.52. The van der Waals surface area contributed by atoms with E-state index in [0.717, 1.165) is 10.1 Å². The number of terminal acetylenes is 1. The van der Waals surface area contributed by atoms with Gasteiger partial charge in [0, 0.05) is 0 Å². The van der Waals surface area contributed by atoms with E-state index in [1.54, 1.807) is 0 Å². The molecule has 0 fully saturated rings. The Kier molecular flexibility index (Phi) is 4.29. The van der Waals surface area contributed by atoms with Crippen molar-refractivity contribution in [2.45, 2.75) is 24.0 Å². The van der Waals surface area contributed by atoms with Gasteiger partial charge < -0.3 is 0 Å². The van der Waals surface area contributed by atoms with Crippen molar-refractivity contribution in [3.8, 4) is 12.3 Å². The van der Waals surface area contributed by atoms with Gasteiger partial charge in [0.2, 0.25) is 0 Å². The first-order valence-electron chi connectivity index (χ1n) is 2.32. The van der Waals surface area contributed by atoms with E-state index in [2.05, 4.69) is 19.8 Å². The number of hydrogen-bond acceptors (Lipinski definition) is 0. The van der Waals surface area contributed by atoms with Crippen molar-refractivity contribution in [2.24, 2.45) is 0 Å². The molecule has 0 nitrogen and oxygen atoms in total. The molecule has 7 heavy (non-hydrogen) atoms. The van der Waals surface area contributed by atoms with Crippen molar-refractivity contribution in [2.75, 3.05) is 0 Å². The Morgan fingerprint density at radius 3 is 2.43 bits per heavy atom. The van der Waals surface area contributed by atoms with Crippen LogP contribution in [-0.2, 0) is 0 Å². The third-order valence-electron chi connectivity index (χ3n) is 0.500. The standard InChI is InChI=1S/C6H10Se/c1-4-5-7-6(2)3/h1,6H,5H2,2-3H3. The summed E-state index contributed by atoms with van der Waals surface area (Å²) in [7, 11) is 0. The van der Waals surface area contributed by atoms with E-state index >= 15 is 0 Å². The second-order valence-electron chi connectivity index (χ2n) is 1.56. The van der Waals surface area contributed by atoms with Gasteiger partial charge in [0.1, 0.15) is 0 Å². The minimum absolute atomic E-state index is 0.689. The fourth-order valence-corrected chi connectivity index (χ4v) is 1.12. The Morgan fingerprint density at radius 2 is 2.29 bits per heavy atom. The fourth-order valence-electron chi connectivity index (χ4n) is 0.215. The van der Waals surface area contributed by atoms with Gasteiger partial charge in [-0.1, -0.05) is 0 Å². The quantitative estimate of drug-likeness (QED) is 0.426. The number of rotatable bonds is 2. The molecule has 0 saturated carbocycles. The zero-order chi connectivity index (χ0) is 5.70. The first kappa shape index (κ1) is 7.08. The third-order valence-corrected chi connectivity index (χ3v) is 2.60. The molecular weight excluding hydrogens is 151 g/mol. The summed E-state index contributed by atoms with van der Waals surface area (Å²) in [4.78, 5) is 0.823. The van der Waals surface area contributed by atoms with Gasteiger partial charge in [0.15, 0.2) is 0 Å². The third kappa shape index (κ3) is 6.08. The summed E-state index contributed by atoms with van der Waals surface area (Å²) >= 11 is 0.689. The molecule has 0 radical (unpaired) electrons. The van der Waals surface area contributed by atoms with Gasteiger partial charge in [-0.2, -0.15) is 0 Å². The van der Waals surface area contributed by atoms with Gasteiger partial charge in [-0.15, -0.1) is 0 Å². The normalized spacial score (nSPS) is 8.86. The fraction of sp³-hybridized carbons (Fsp3) is 0.667. The SMILES string of the molecule is C#CC[Se]C(C)C. The zero-order valence-electron chi connectivity index (χ0n) is 4.77. The summed E-state index contributed by atoms with van der Waals surface area (Å²) < 4.78 is 0. The second-order valence-corrected chi connectivity index (χ2v) is 4.85. The van der Waals surface area contributed by atoms with Crippen LogP contribution >= 0.6 is 0 Å². The molecule has 40 valence electrons. The van der Waals surface area contributed by atoms with Crippen LogP contribution in [-0.4, -0.2) is 15.0 Å². The van der Waals surface area contributed by atoms with Crippen molar-refractivity contribution in [1.29, 1.82) is 0 Å². The van der Waals surface area contributed by atoms with Crippen molar-refractivity contribution < 1.29 is 0 Å². The summed E-state index contributed by atoms with van der Waals surface area (Å²) in [5.41, 5.74) is 0. The van der Waals surface area contributed by atoms with Crippen molar-refractivity contribution in [3.05, 3.63) is 0 Å². The second kappa shape index (κ2) is 4.24. The summed E-state index contributed by atoms with van der Waals surface area (Å²) in [6.07, 6.45) is 5.04. The molecule has 0 aliphatic carbocycles. The van der Waals surface area contributed by atoms with Crippen LogP contribution in [0.4, 0.5) is 0 Å². The van der Waals surface area contributed by atoms with Gasteiger partial charge in [0.25, 0.3) is 0 Å². The molecule has 0 atom stereocenters. The van der Waals surface area contributed by atoms with Gasteiger partial charge in [-0.25, -0.2) is 0 Å². The molecule has 0 spiro atoms. The molecule has 0 unspecified atom stereocenters. The van der Waals surface area contributed by atoms with E-state index in [1.807, 2.05) is 0 Å². The summed E-state index contributed by atoms with van der Waals surface area (Å²) in [5, 5.41) is 0.991. The molecule has 0 N–H and O–H groups in total. The molecule has 0 aromatic heterocycles. The van der Waals surface area contributed by atoms with Gasteiger partial charge in [-0.05, 0) is 0 Å². The van der Waals surface area contributed by atoms with Crippen LogP contribution < -0.4 is 0 Å². The van der Waals surface area contributed by atoms with Crippen LogP contribution in [0.5, 0.6) is 0 Å². The van der Waals surface area contributed by atoms with Crippen LogP contribution in [0, 0.1) is 12.3 Å². The monoisotopic (exact) mass is 162 g/mol. The molecule has 0 heterocycles. The predicted molar refractivity (Wildman–Crippen MR) is 34.5 cm³/mol. The maximum atomic E-state index is 5.04. The topological polar surface area (TPSA) is 0 Å². The molecule has 0 aliphatic heterocycles. The van der Waals surface area contributed by atoms with Gasteiger partial charge >= 0.3 is 51.3 Å². The van der Waals surface area contributed by atoms with Gasteiger partial charge in [0.05, 0.1) is 0 Å². The summed E-state index contributed by atoms with van der Waals surface area (Å²) in [6.45, 7) is 4.41. The Bertz CT molecular complexity index is 68.7. The Morgan fingerprint density at radius 1 is 1.71 bits per heavy atom. The molecule has 0 saturated heterocycles. The van der Waals surface area contributed by atoms with Crippen LogP contribution in [0.3, 0.4) is 0 Å². The van der Waals surface area contributed by atoms with E-state index in [4.69, 9.17) is 6.42 Å². The predicted octanol–water partition coefficient (Wildman–Crippen LogP) is 1.57. The molecule has 0 aromatic rings.